The van der Waals surface area contributed by atoms with Gasteiger partial charge in [0.15, 0.2) is 5.69 Å². The zero-order chi connectivity index (χ0) is 11.9. The summed E-state index contributed by atoms with van der Waals surface area (Å²) in [6.45, 7) is 3.47. The van der Waals surface area contributed by atoms with Crippen LogP contribution in [0.3, 0.4) is 0 Å². The Hall–Kier alpha value is -2.17. The molecule has 0 aliphatic rings. The van der Waals surface area contributed by atoms with E-state index in [0.29, 0.717) is 10.9 Å². The summed E-state index contributed by atoms with van der Waals surface area (Å²) in [6.07, 6.45) is 1.34. The zero-order valence-electron chi connectivity index (χ0n) is 8.57. The monoisotopic (exact) mass is 220 g/mol. The van der Waals surface area contributed by atoms with Crippen molar-refractivity contribution in [3.05, 3.63) is 35.8 Å². The Balaban J connectivity index is 2.88. The lowest BCUT2D eigenvalue weighted by atomic mass is 10.1. The third-order valence-corrected chi connectivity index (χ3v) is 2.39. The molecule has 0 aliphatic heterocycles. The normalized spacial score (nSPS) is 10.6. The molecule has 1 aromatic carbocycles. The third kappa shape index (κ3) is 1.37. The summed E-state index contributed by atoms with van der Waals surface area (Å²) in [6, 6.07) is 2.69. The molecule has 0 saturated heterocycles. The molecule has 1 aromatic heterocycles. The van der Waals surface area contributed by atoms with E-state index >= 15 is 0 Å². The van der Waals surface area contributed by atoms with Crippen LogP contribution in [0.2, 0.25) is 0 Å². The number of aromatic carboxylic acids is 1. The molecular formula is C11H9FN2O2. The molecule has 2 rings (SSSR count). The van der Waals surface area contributed by atoms with Gasteiger partial charge in [0, 0.05) is 24.1 Å². The van der Waals surface area contributed by atoms with Gasteiger partial charge in [-0.3, -0.25) is 4.68 Å². The van der Waals surface area contributed by atoms with Crippen LogP contribution in [-0.4, -0.2) is 20.9 Å². The van der Waals surface area contributed by atoms with Gasteiger partial charge >= 0.3 is 5.97 Å². The molecule has 0 atom stereocenters. The molecule has 0 aliphatic carbocycles. The van der Waals surface area contributed by atoms with E-state index in [-0.39, 0.29) is 11.3 Å². The number of aromatic nitrogens is 2. The molecule has 16 heavy (non-hydrogen) atoms. The van der Waals surface area contributed by atoms with E-state index in [1.165, 1.54) is 22.9 Å². The lowest BCUT2D eigenvalue weighted by molar-refractivity contribution is 0.0691. The first-order valence-corrected chi connectivity index (χ1v) is 4.56. The molecule has 0 amide bonds. The predicted molar refractivity (Wildman–Crippen MR) is 57.7 cm³/mol. The fourth-order valence-corrected chi connectivity index (χ4v) is 1.61. The Morgan fingerprint density at radius 1 is 1.62 bits per heavy atom. The van der Waals surface area contributed by atoms with E-state index in [9.17, 15) is 9.18 Å². The standard InChI is InChI=1S/C11H9FN2O2/c1-3-6-4-7-9(5-8(6)12)14(2)13-10(7)11(15)16/h3-5H,1H2,2H3,(H,15,16). The van der Waals surface area contributed by atoms with Gasteiger partial charge in [0.1, 0.15) is 5.82 Å². The number of hydrogen-bond acceptors (Lipinski definition) is 2. The molecule has 0 saturated carbocycles. The van der Waals surface area contributed by atoms with Gasteiger partial charge in [-0.15, -0.1) is 0 Å². The van der Waals surface area contributed by atoms with Crippen LogP contribution in [0, 0.1) is 5.82 Å². The second-order valence-corrected chi connectivity index (χ2v) is 3.37. The number of aryl methyl sites for hydroxylation is 1. The number of rotatable bonds is 2. The van der Waals surface area contributed by atoms with Crippen molar-refractivity contribution in [1.82, 2.24) is 9.78 Å². The number of hydrogen-bond donors (Lipinski definition) is 1. The van der Waals surface area contributed by atoms with Gasteiger partial charge in [0.2, 0.25) is 0 Å². The summed E-state index contributed by atoms with van der Waals surface area (Å²) in [7, 11) is 1.57. The Labute approximate surface area is 90.6 Å². The maximum atomic E-state index is 13.5. The van der Waals surface area contributed by atoms with Crippen LogP contribution in [0.25, 0.3) is 17.0 Å². The highest BCUT2D eigenvalue weighted by molar-refractivity contribution is 6.01. The lowest BCUT2D eigenvalue weighted by Crippen LogP contribution is -1.99. The molecule has 4 nitrogen and oxygen atoms in total. The highest BCUT2D eigenvalue weighted by Gasteiger charge is 2.16. The van der Waals surface area contributed by atoms with Gasteiger partial charge < -0.3 is 5.11 Å². The molecule has 0 radical (unpaired) electrons. The van der Waals surface area contributed by atoms with Crippen LogP contribution in [0.5, 0.6) is 0 Å². The van der Waals surface area contributed by atoms with Crippen LogP contribution in [0.15, 0.2) is 18.7 Å². The topological polar surface area (TPSA) is 55.1 Å². The first-order chi connectivity index (χ1) is 7.54. The van der Waals surface area contributed by atoms with Gasteiger partial charge in [-0.2, -0.15) is 5.10 Å². The molecule has 5 heteroatoms. The number of nitrogens with zero attached hydrogens (tertiary/aromatic N) is 2. The third-order valence-electron chi connectivity index (χ3n) is 2.39. The van der Waals surface area contributed by atoms with Crippen molar-refractivity contribution in [2.45, 2.75) is 0 Å². The van der Waals surface area contributed by atoms with Crippen LogP contribution >= 0.6 is 0 Å². The average molecular weight is 220 g/mol. The largest absolute Gasteiger partial charge is 0.476 e. The zero-order valence-corrected chi connectivity index (χ0v) is 8.57. The van der Waals surface area contributed by atoms with Crippen molar-refractivity contribution in [3.63, 3.8) is 0 Å². The van der Waals surface area contributed by atoms with Gasteiger partial charge in [-0.1, -0.05) is 12.7 Å². The van der Waals surface area contributed by atoms with Crippen LogP contribution in [0.1, 0.15) is 16.1 Å². The number of halogens is 1. The summed E-state index contributed by atoms with van der Waals surface area (Å²) < 4.78 is 14.8. The number of carboxylic acid groups (broad SMARTS) is 1. The minimum absolute atomic E-state index is 0.0828. The maximum Gasteiger partial charge on any atom is 0.357 e. The lowest BCUT2D eigenvalue weighted by Gasteiger charge is -1.98. The summed E-state index contributed by atoms with van der Waals surface area (Å²) >= 11 is 0. The van der Waals surface area contributed by atoms with Gasteiger partial charge in [-0.25, -0.2) is 9.18 Å². The Kier molecular flexibility index (Phi) is 2.23. The summed E-state index contributed by atoms with van der Waals surface area (Å²) in [4.78, 5) is 10.9. The molecule has 1 N–H and O–H groups in total. The fourth-order valence-electron chi connectivity index (χ4n) is 1.61. The van der Waals surface area contributed by atoms with E-state index in [0.717, 1.165) is 0 Å². The van der Waals surface area contributed by atoms with Crippen molar-refractivity contribution in [2.75, 3.05) is 0 Å². The molecule has 82 valence electrons. The molecule has 1 heterocycles. The summed E-state index contributed by atoms with van der Waals surface area (Å²) in [5.74, 6) is -1.57. The van der Waals surface area contributed by atoms with Crippen molar-refractivity contribution in [1.29, 1.82) is 0 Å². The minimum atomic E-state index is -1.13. The van der Waals surface area contributed by atoms with E-state index in [2.05, 4.69) is 11.7 Å². The molecule has 0 fully saturated rings. The number of benzene rings is 1. The highest BCUT2D eigenvalue weighted by Crippen LogP contribution is 2.22. The van der Waals surface area contributed by atoms with Crippen LogP contribution < -0.4 is 0 Å². The van der Waals surface area contributed by atoms with Crippen molar-refractivity contribution < 1.29 is 14.3 Å². The van der Waals surface area contributed by atoms with Gasteiger partial charge in [0.05, 0.1) is 5.52 Å². The quantitative estimate of drug-likeness (QED) is 0.842. The van der Waals surface area contributed by atoms with Crippen LogP contribution in [0.4, 0.5) is 4.39 Å². The van der Waals surface area contributed by atoms with E-state index in [1.807, 2.05) is 0 Å². The highest BCUT2D eigenvalue weighted by atomic mass is 19.1. The summed E-state index contributed by atoms with van der Waals surface area (Å²) in [5.41, 5.74) is 0.629. The molecular weight excluding hydrogens is 211 g/mol. The van der Waals surface area contributed by atoms with Gasteiger partial charge in [-0.05, 0) is 6.07 Å². The smallest absolute Gasteiger partial charge is 0.357 e. The number of carboxylic acids is 1. The Morgan fingerprint density at radius 2 is 2.31 bits per heavy atom. The predicted octanol–water partition coefficient (Wildman–Crippen LogP) is 2.05. The SMILES string of the molecule is C=Cc1cc2c(C(=O)O)nn(C)c2cc1F. The number of fused-ring (bicyclic) bond motifs is 1. The average Bonchev–Trinajstić information content (AvgIpc) is 2.55. The van der Waals surface area contributed by atoms with Crippen molar-refractivity contribution in [3.8, 4) is 0 Å². The number of carbonyl (C=O) groups is 1. The van der Waals surface area contributed by atoms with Crippen molar-refractivity contribution in [2.24, 2.45) is 7.05 Å². The second kappa shape index (κ2) is 3.44. The minimum Gasteiger partial charge on any atom is -0.476 e. The Bertz CT molecular complexity index is 602. The first-order valence-electron chi connectivity index (χ1n) is 4.56. The molecule has 0 spiro atoms. The van der Waals surface area contributed by atoms with Crippen LogP contribution in [-0.2, 0) is 7.05 Å². The summed E-state index contributed by atoms with van der Waals surface area (Å²) in [5, 5.41) is 13.2. The fraction of sp³-hybridized carbons (Fsp3) is 0.0909. The van der Waals surface area contributed by atoms with E-state index < -0.39 is 11.8 Å². The Morgan fingerprint density at radius 3 is 2.88 bits per heavy atom. The molecule has 0 unspecified atom stereocenters. The molecule has 0 bridgehead atoms. The first kappa shape index (κ1) is 10.4. The second-order valence-electron chi connectivity index (χ2n) is 3.37. The van der Waals surface area contributed by atoms with Gasteiger partial charge in [0.25, 0.3) is 0 Å². The van der Waals surface area contributed by atoms with E-state index in [1.54, 1.807) is 7.05 Å². The van der Waals surface area contributed by atoms with E-state index in [4.69, 9.17) is 5.11 Å². The van der Waals surface area contributed by atoms with Crippen molar-refractivity contribution >= 4 is 22.9 Å². The maximum absolute atomic E-state index is 13.5. The molecule has 2 aromatic rings.